The zero-order valence-electron chi connectivity index (χ0n) is 13.2. The van der Waals surface area contributed by atoms with Gasteiger partial charge in [0.2, 0.25) is 4.77 Å². The number of pyridine rings is 1. The van der Waals surface area contributed by atoms with Gasteiger partial charge in [0, 0.05) is 11.8 Å². The lowest BCUT2D eigenvalue weighted by Gasteiger charge is -2.19. The fourth-order valence-electron chi connectivity index (χ4n) is 2.83. The SMILES string of the molecule is Cc1c(C(F)(F)F)[nH]c2nc(=S)n(C3OC(CO)C(O)C3O)cc2c1=O. The number of alkyl halides is 3. The summed E-state index contributed by atoms with van der Waals surface area (Å²) in [6, 6.07) is 0. The van der Waals surface area contributed by atoms with Crippen molar-refractivity contribution in [3.05, 3.63) is 32.4 Å². The number of aliphatic hydroxyl groups is 3. The van der Waals surface area contributed by atoms with E-state index in [9.17, 15) is 28.2 Å². The Labute approximate surface area is 148 Å². The number of aromatic nitrogens is 3. The third-order valence-corrected chi connectivity index (χ3v) is 4.53. The molecule has 0 aliphatic carbocycles. The maximum absolute atomic E-state index is 13.0. The monoisotopic (exact) mass is 393 g/mol. The quantitative estimate of drug-likeness (QED) is 0.545. The average molecular weight is 393 g/mol. The molecule has 4 atom stereocenters. The number of aromatic amines is 1. The number of hydrogen-bond donors (Lipinski definition) is 4. The largest absolute Gasteiger partial charge is 0.431 e. The molecule has 0 amide bonds. The first-order valence-electron chi connectivity index (χ1n) is 7.41. The first kappa shape index (κ1) is 18.9. The second kappa shape index (κ2) is 6.39. The molecule has 1 aliphatic rings. The van der Waals surface area contributed by atoms with Crippen LogP contribution in [0.25, 0.3) is 11.0 Å². The summed E-state index contributed by atoms with van der Waals surface area (Å²) >= 11 is 5.01. The maximum atomic E-state index is 13.0. The number of H-pyrrole nitrogens is 1. The summed E-state index contributed by atoms with van der Waals surface area (Å²) in [7, 11) is 0. The molecular formula is C14H14F3N3O5S. The fourth-order valence-corrected chi connectivity index (χ4v) is 3.08. The highest BCUT2D eigenvalue weighted by Crippen LogP contribution is 2.32. The lowest BCUT2D eigenvalue weighted by Crippen LogP contribution is -2.33. The van der Waals surface area contributed by atoms with Crippen LogP contribution >= 0.6 is 12.2 Å². The van der Waals surface area contributed by atoms with E-state index in [1.54, 1.807) is 0 Å². The van der Waals surface area contributed by atoms with Crippen molar-refractivity contribution < 1.29 is 33.2 Å². The van der Waals surface area contributed by atoms with E-state index < -0.39 is 54.0 Å². The molecule has 3 heterocycles. The third kappa shape index (κ3) is 2.93. The molecule has 26 heavy (non-hydrogen) atoms. The molecule has 0 aromatic carbocycles. The summed E-state index contributed by atoms with van der Waals surface area (Å²) in [5.41, 5.74) is -3.03. The van der Waals surface area contributed by atoms with Crippen LogP contribution in [0.2, 0.25) is 0 Å². The number of aliphatic hydroxyl groups excluding tert-OH is 3. The zero-order valence-corrected chi connectivity index (χ0v) is 14.0. The Morgan fingerprint density at radius 1 is 1.38 bits per heavy atom. The van der Waals surface area contributed by atoms with Gasteiger partial charge in [0.1, 0.15) is 29.7 Å². The molecule has 8 nitrogen and oxygen atoms in total. The third-order valence-electron chi connectivity index (χ3n) is 4.23. The summed E-state index contributed by atoms with van der Waals surface area (Å²) in [6.07, 6.45) is -8.89. The molecule has 1 fully saturated rings. The van der Waals surface area contributed by atoms with E-state index in [2.05, 4.69) is 9.97 Å². The van der Waals surface area contributed by atoms with Gasteiger partial charge in [0.05, 0.1) is 12.0 Å². The predicted octanol–water partition coefficient (Wildman–Crippen LogP) is 0.393. The van der Waals surface area contributed by atoms with Gasteiger partial charge in [-0.3, -0.25) is 9.36 Å². The molecule has 0 saturated carbocycles. The normalized spacial score (nSPS) is 26.6. The minimum absolute atomic E-state index is 0.193. The van der Waals surface area contributed by atoms with Gasteiger partial charge in [-0.05, 0) is 19.1 Å². The molecule has 142 valence electrons. The van der Waals surface area contributed by atoms with E-state index in [0.717, 1.165) is 17.7 Å². The average Bonchev–Trinajstić information content (AvgIpc) is 2.84. The van der Waals surface area contributed by atoms with Gasteiger partial charge in [0.15, 0.2) is 11.7 Å². The molecule has 0 spiro atoms. The van der Waals surface area contributed by atoms with Crippen LogP contribution in [-0.4, -0.2) is 54.8 Å². The minimum atomic E-state index is -4.77. The van der Waals surface area contributed by atoms with Crippen molar-refractivity contribution in [3.8, 4) is 0 Å². The molecule has 4 N–H and O–H groups in total. The van der Waals surface area contributed by atoms with Gasteiger partial charge in [-0.1, -0.05) is 0 Å². The van der Waals surface area contributed by atoms with Crippen LogP contribution in [0, 0.1) is 11.7 Å². The summed E-state index contributed by atoms with van der Waals surface area (Å²) in [4.78, 5) is 18.2. The van der Waals surface area contributed by atoms with Crippen molar-refractivity contribution in [1.29, 1.82) is 0 Å². The number of ether oxygens (including phenoxy) is 1. The van der Waals surface area contributed by atoms with Crippen molar-refractivity contribution in [2.75, 3.05) is 6.61 Å². The minimum Gasteiger partial charge on any atom is -0.394 e. The molecule has 0 bridgehead atoms. The predicted molar refractivity (Wildman–Crippen MR) is 83.9 cm³/mol. The highest BCUT2D eigenvalue weighted by Gasteiger charge is 2.43. The van der Waals surface area contributed by atoms with E-state index in [1.807, 2.05) is 0 Å². The highest BCUT2D eigenvalue weighted by molar-refractivity contribution is 7.71. The number of fused-ring (bicyclic) bond motifs is 1. The second-order valence-corrected chi connectivity index (χ2v) is 6.24. The first-order valence-corrected chi connectivity index (χ1v) is 7.82. The maximum Gasteiger partial charge on any atom is 0.431 e. The Balaban J connectivity index is 2.19. The fraction of sp³-hybridized carbons (Fsp3) is 0.500. The van der Waals surface area contributed by atoms with E-state index in [0.29, 0.717) is 0 Å². The van der Waals surface area contributed by atoms with Crippen LogP contribution in [0.5, 0.6) is 0 Å². The molecule has 3 rings (SSSR count). The number of rotatable bonds is 2. The van der Waals surface area contributed by atoms with Crippen LogP contribution in [0.1, 0.15) is 17.5 Å². The number of hydrogen-bond acceptors (Lipinski definition) is 7. The highest BCUT2D eigenvalue weighted by atomic mass is 32.1. The molecule has 1 aliphatic heterocycles. The zero-order chi connectivity index (χ0) is 19.4. The van der Waals surface area contributed by atoms with Crippen LogP contribution in [0.15, 0.2) is 11.0 Å². The van der Waals surface area contributed by atoms with E-state index in [4.69, 9.17) is 22.1 Å². The molecule has 2 aromatic rings. The van der Waals surface area contributed by atoms with Gasteiger partial charge in [-0.2, -0.15) is 13.2 Å². The number of halogens is 3. The molecule has 12 heteroatoms. The first-order chi connectivity index (χ1) is 12.1. The topological polar surface area (TPSA) is 121 Å². The van der Waals surface area contributed by atoms with Gasteiger partial charge < -0.3 is 25.0 Å². The summed E-state index contributed by atoms with van der Waals surface area (Å²) < 4.78 is 45.2. The van der Waals surface area contributed by atoms with E-state index >= 15 is 0 Å². The number of nitrogens with one attached hydrogen (secondary N) is 1. The van der Waals surface area contributed by atoms with Gasteiger partial charge in [-0.15, -0.1) is 0 Å². The summed E-state index contributed by atoms with van der Waals surface area (Å²) in [5, 5.41) is 28.8. The van der Waals surface area contributed by atoms with Gasteiger partial charge in [-0.25, -0.2) is 4.98 Å². The molecule has 2 aromatic heterocycles. The molecule has 1 saturated heterocycles. The Bertz CT molecular complexity index is 973. The number of nitrogens with zero attached hydrogens (tertiary/aromatic N) is 2. The molecular weight excluding hydrogens is 379 g/mol. The van der Waals surface area contributed by atoms with Gasteiger partial charge >= 0.3 is 6.18 Å². The Hall–Kier alpha value is -1.86. The summed E-state index contributed by atoms with van der Waals surface area (Å²) in [5.74, 6) is 0. The Morgan fingerprint density at radius 2 is 2.04 bits per heavy atom. The Morgan fingerprint density at radius 3 is 2.58 bits per heavy atom. The standard InChI is InChI=1S/C14H14F3N3O5S/c1-4-7(22)5-2-20(12-9(24)8(23)6(3-21)25-12)13(26)19-11(5)18-10(4)14(15,16)17/h2,6,8-9,12,21,23-24H,3H2,1H3,(H,18,19,26). The van der Waals surface area contributed by atoms with Crippen molar-refractivity contribution in [3.63, 3.8) is 0 Å². The van der Waals surface area contributed by atoms with Crippen molar-refractivity contribution in [1.82, 2.24) is 14.5 Å². The van der Waals surface area contributed by atoms with Gasteiger partial charge in [0.25, 0.3) is 0 Å². The van der Waals surface area contributed by atoms with Crippen LogP contribution in [-0.2, 0) is 10.9 Å². The van der Waals surface area contributed by atoms with Crippen molar-refractivity contribution >= 4 is 23.3 Å². The smallest absolute Gasteiger partial charge is 0.394 e. The molecule has 4 unspecified atom stereocenters. The van der Waals surface area contributed by atoms with E-state index in [1.165, 1.54) is 0 Å². The Kier molecular flexibility index (Phi) is 4.65. The van der Waals surface area contributed by atoms with Crippen molar-refractivity contribution in [2.45, 2.75) is 37.6 Å². The lowest BCUT2D eigenvalue weighted by atomic mass is 10.1. The van der Waals surface area contributed by atoms with Crippen LogP contribution in [0.4, 0.5) is 13.2 Å². The summed E-state index contributed by atoms with van der Waals surface area (Å²) in [6.45, 7) is 0.456. The lowest BCUT2D eigenvalue weighted by molar-refractivity contribution is -0.141. The van der Waals surface area contributed by atoms with Crippen molar-refractivity contribution in [2.24, 2.45) is 0 Å². The second-order valence-electron chi connectivity index (χ2n) is 5.87. The van der Waals surface area contributed by atoms with E-state index in [-0.39, 0.29) is 15.8 Å². The van der Waals surface area contributed by atoms with Crippen LogP contribution < -0.4 is 5.43 Å². The molecule has 0 radical (unpaired) electrons. The van der Waals surface area contributed by atoms with Crippen LogP contribution in [0.3, 0.4) is 0 Å².